The van der Waals surface area contributed by atoms with Crippen LogP contribution in [0.4, 0.5) is 0 Å². The predicted octanol–water partition coefficient (Wildman–Crippen LogP) is 9.31. The average molecular weight is 1030 g/mol. The number of fused-ring (bicyclic) bond motifs is 6. The third-order valence-corrected chi connectivity index (χ3v) is 11.3. The molecule has 0 spiro atoms. The van der Waals surface area contributed by atoms with E-state index in [-0.39, 0.29) is 35.6 Å². The second-order valence-electron chi connectivity index (χ2n) is 17.7. The molecule has 0 atom stereocenters. The summed E-state index contributed by atoms with van der Waals surface area (Å²) in [5.41, 5.74) is 21.9. The monoisotopic (exact) mass is 1030 g/mol. The molecule has 0 bridgehead atoms. The molecule has 0 N–H and O–H groups in total. The molecule has 4 aliphatic rings. The molecule has 4 aliphatic carbocycles. The van der Waals surface area contributed by atoms with Gasteiger partial charge >= 0.3 is 56.9 Å². The van der Waals surface area contributed by atoms with Crippen molar-refractivity contribution in [1.29, 1.82) is 0 Å². The Morgan fingerprint density at radius 1 is 0.438 bits per heavy atom. The summed E-state index contributed by atoms with van der Waals surface area (Å²) in [5.74, 6) is 0. The molecule has 0 saturated heterocycles. The van der Waals surface area contributed by atoms with Gasteiger partial charge in [0.1, 0.15) is 0 Å². The molecule has 0 radical (unpaired) electrons. The first kappa shape index (κ1) is 54.4. The van der Waals surface area contributed by atoms with Gasteiger partial charge in [-0.2, -0.15) is 49.2 Å². The minimum absolute atomic E-state index is 0. The molecule has 64 heavy (non-hydrogen) atoms. The number of benzene rings is 6. The molecule has 0 saturated carbocycles. The van der Waals surface area contributed by atoms with Crippen molar-refractivity contribution in [3.8, 4) is 22.3 Å². The first-order valence-corrected chi connectivity index (χ1v) is 24.9. The molecule has 6 aromatic rings. The van der Waals surface area contributed by atoms with Gasteiger partial charge < -0.3 is 24.8 Å². The Kier molecular flexibility index (Phi) is 21.9. The summed E-state index contributed by atoms with van der Waals surface area (Å²) in [6.07, 6.45) is 13.6. The summed E-state index contributed by atoms with van der Waals surface area (Å²) in [6, 6.07) is 53.6. The fourth-order valence-electron chi connectivity index (χ4n) is 7.92. The van der Waals surface area contributed by atoms with E-state index < -0.39 is 0 Å². The van der Waals surface area contributed by atoms with Gasteiger partial charge in [0.15, 0.2) is 0 Å². The van der Waals surface area contributed by atoms with Crippen molar-refractivity contribution in [2.75, 3.05) is 0 Å². The van der Waals surface area contributed by atoms with Gasteiger partial charge in [-0.05, 0) is 47.6 Å². The molecule has 0 heterocycles. The first-order chi connectivity index (χ1) is 29.8. The van der Waals surface area contributed by atoms with Crippen LogP contribution in [-0.2, 0) is 61.3 Å². The number of hydrogen-bond acceptors (Lipinski definition) is 0. The number of halogens is 2. The van der Waals surface area contributed by atoms with E-state index in [1.807, 2.05) is 60.7 Å². The molecule has 6 aromatic carbocycles. The van der Waals surface area contributed by atoms with Crippen LogP contribution in [0.1, 0.15) is 98.9 Å². The molecule has 0 fully saturated rings. The van der Waals surface area contributed by atoms with E-state index in [1.54, 1.807) is 0 Å². The molecule has 0 unspecified atom stereocenters. The maximum absolute atomic E-state index is 3.72. The van der Waals surface area contributed by atoms with Crippen molar-refractivity contribution in [2.24, 2.45) is 10.8 Å². The van der Waals surface area contributed by atoms with Crippen molar-refractivity contribution in [2.45, 2.75) is 67.2 Å². The van der Waals surface area contributed by atoms with Gasteiger partial charge in [-0.15, -0.1) is 94.1 Å². The van der Waals surface area contributed by atoms with Crippen LogP contribution in [0.3, 0.4) is 0 Å². The van der Waals surface area contributed by atoms with E-state index in [0.29, 0.717) is 0 Å². The van der Waals surface area contributed by atoms with E-state index in [1.165, 1.54) is 126 Å². The van der Waals surface area contributed by atoms with Gasteiger partial charge in [-0.3, -0.25) is 0 Å². The van der Waals surface area contributed by atoms with Crippen molar-refractivity contribution in [3.63, 3.8) is 0 Å². The van der Waals surface area contributed by atoms with Gasteiger partial charge in [0, 0.05) is 0 Å². The largest absolute Gasteiger partial charge is 1.00 e. The number of rotatable bonds is 2. The normalized spacial score (nSPS) is 13.2. The summed E-state index contributed by atoms with van der Waals surface area (Å²) in [4.78, 5) is 0. The van der Waals surface area contributed by atoms with Crippen LogP contribution in [0, 0.1) is 36.8 Å². The molecule has 0 nitrogen and oxygen atoms in total. The van der Waals surface area contributed by atoms with Crippen LogP contribution >= 0.6 is 0 Å². The van der Waals surface area contributed by atoms with Crippen molar-refractivity contribution in [3.05, 3.63) is 239 Å². The SMILES string of the molecule is CC(C)(C)C1=CCC(c2[c-]c3c(cc2)-c2ccccc2C3)=C1.CC(C)(C)C1=CCC(c2[c-]c3c(cc2)-c2ccccc2C3)=C1.[CH2-]c1ccccc1.[CH2-]c1ccccc1.[CH2]=[Zr+2].[CH2]=[Zr+2].[Cl-].[Cl-]. The molecule has 324 valence electrons. The zero-order valence-corrected chi connectivity index (χ0v) is 44.9. The maximum Gasteiger partial charge on any atom is -1.00 e. The second-order valence-corrected chi connectivity index (χ2v) is 17.7. The van der Waals surface area contributed by atoms with Gasteiger partial charge in [0.05, 0.1) is 0 Å². The van der Waals surface area contributed by atoms with Gasteiger partial charge in [-0.25, -0.2) is 0 Å². The summed E-state index contributed by atoms with van der Waals surface area (Å²) in [5, 5.41) is 0. The van der Waals surface area contributed by atoms with Crippen LogP contribution in [0.2, 0.25) is 0 Å². The minimum atomic E-state index is 0. The van der Waals surface area contributed by atoms with Crippen LogP contribution in [-0.4, -0.2) is 8.42 Å². The van der Waals surface area contributed by atoms with Crippen molar-refractivity contribution in [1.82, 2.24) is 0 Å². The summed E-state index contributed by atoms with van der Waals surface area (Å²) in [7, 11) is 0. The van der Waals surface area contributed by atoms with E-state index in [4.69, 9.17) is 0 Å². The maximum atomic E-state index is 3.72. The Morgan fingerprint density at radius 3 is 1.06 bits per heavy atom. The second kappa shape index (κ2) is 25.7. The summed E-state index contributed by atoms with van der Waals surface area (Å²) >= 11 is 2.60. The van der Waals surface area contributed by atoms with Crippen LogP contribution in [0.25, 0.3) is 33.4 Å². The van der Waals surface area contributed by atoms with Crippen LogP contribution in [0.5, 0.6) is 0 Å². The van der Waals surface area contributed by atoms with Gasteiger partial charge in [0.2, 0.25) is 0 Å². The van der Waals surface area contributed by atoms with E-state index >= 15 is 0 Å². The number of hydrogen-bond donors (Lipinski definition) is 0. The zero-order chi connectivity index (χ0) is 44.9. The van der Waals surface area contributed by atoms with Crippen molar-refractivity contribution >= 4 is 19.6 Å². The molecule has 10 rings (SSSR count). The standard InChI is InChI=1S/2C22H21.2C7H7.2CH2.2ClH.2Zr/c2*1-22(2,3)19-10-8-16(14-19)15-9-11-21-18(12-15)13-17-6-4-5-7-20(17)21;2*1-7-5-3-2-4-6-7;;;;;;/h2*4-7,9-11,14H,8,13H2,1-3H3;2*2-6H,1H2;2*1H2;2*1H;;/q4*-1;;;;;2*+2/p-2. The Bertz CT molecular complexity index is 2380. The third-order valence-electron chi connectivity index (χ3n) is 11.3. The number of allylic oxidation sites excluding steroid dienone is 8. The average Bonchev–Trinajstić information content (AvgIpc) is 4.11. The summed E-state index contributed by atoms with van der Waals surface area (Å²) < 4.78 is 6.68. The molecular weight excluding hydrogens is 974 g/mol. The van der Waals surface area contributed by atoms with Gasteiger partial charge in [0.25, 0.3) is 0 Å². The third kappa shape index (κ3) is 14.6. The molecule has 0 aromatic heterocycles. The Hall–Kier alpha value is -3.89. The molecular formula is C60H60Cl2Zr2-2. The van der Waals surface area contributed by atoms with Crippen LogP contribution in [0.15, 0.2) is 169 Å². The molecule has 0 aliphatic heterocycles. The smallest absolute Gasteiger partial charge is 1.00 e. The van der Waals surface area contributed by atoms with E-state index in [0.717, 1.165) is 36.8 Å². The van der Waals surface area contributed by atoms with Crippen LogP contribution < -0.4 is 24.8 Å². The first-order valence-electron chi connectivity index (χ1n) is 21.4. The molecule has 0 amide bonds. The topological polar surface area (TPSA) is 0 Å². The Morgan fingerprint density at radius 2 is 0.766 bits per heavy atom. The Balaban J connectivity index is 0.000000242. The van der Waals surface area contributed by atoms with E-state index in [9.17, 15) is 0 Å². The predicted molar refractivity (Wildman–Crippen MR) is 263 cm³/mol. The summed E-state index contributed by atoms with van der Waals surface area (Å²) in [6.45, 7) is 21.1. The fourth-order valence-corrected chi connectivity index (χ4v) is 7.92. The fraction of sp³-hybridized carbons (Fsp3) is 0.200. The minimum Gasteiger partial charge on any atom is -1.00 e. The van der Waals surface area contributed by atoms with E-state index in [2.05, 4.69) is 173 Å². The van der Waals surface area contributed by atoms with Crippen molar-refractivity contribution < 1.29 is 73.3 Å². The van der Waals surface area contributed by atoms with Gasteiger partial charge in [-0.1, -0.05) is 160 Å². The molecule has 4 heteroatoms. The quantitative estimate of drug-likeness (QED) is 0.152. The Labute approximate surface area is 428 Å². The zero-order valence-electron chi connectivity index (χ0n) is 38.4.